The fourth-order valence-electron chi connectivity index (χ4n) is 3.29. The number of rotatable bonds is 5. The van der Waals surface area contributed by atoms with Crippen molar-refractivity contribution in [2.24, 2.45) is 11.7 Å². The standard InChI is InChI=1S/C18H24N4O3/c1-12-10-22(11-21-12)16-8-13(5-7-20-16)25-15-4-6-18(2,24-3)9-14(15)17(19)23/h5,7-8,10-11,14-15H,4,6,9H2,1-3H3,(H2,19,23). The molecule has 1 amide bonds. The minimum atomic E-state index is -0.384. The molecule has 1 fully saturated rings. The zero-order valence-corrected chi connectivity index (χ0v) is 14.8. The number of imidazole rings is 1. The van der Waals surface area contributed by atoms with Crippen molar-refractivity contribution in [3.63, 3.8) is 0 Å². The van der Waals surface area contributed by atoms with Gasteiger partial charge >= 0.3 is 0 Å². The first-order chi connectivity index (χ1) is 11.9. The molecule has 1 saturated carbocycles. The topological polar surface area (TPSA) is 92.3 Å². The molecule has 134 valence electrons. The molecule has 0 radical (unpaired) electrons. The first-order valence-electron chi connectivity index (χ1n) is 8.38. The van der Waals surface area contributed by atoms with Gasteiger partial charge in [0.1, 0.15) is 24.0 Å². The monoisotopic (exact) mass is 344 g/mol. The van der Waals surface area contributed by atoms with Crippen LogP contribution in [0.2, 0.25) is 0 Å². The van der Waals surface area contributed by atoms with Crippen molar-refractivity contribution in [3.05, 3.63) is 36.5 Å². The average Bonchev–Trinajstić information content (AvgIpc) is 3.03. The van der Waals surface area contributed by atoms with Gasteiger partial charge in [0.2, 0.25) is 5.91 Å². The van der Waals surface area contributed by atoms with E-state index in [1.54, 1.807) is 25.7 Å². The lowest BCUT2D eigenvalue weighted by atomic mass is 9.76. The van der Waals surface area contributed by atoms with E-state index in [-0.39, 0.29) is 23.5 Å². The molecule has 7 heteroatoms. The van der Waals surface area contributed by atoms with Crippen LogP contribution in [0.4, 0.5) is 0 Å². The van der Waals surface area contributed by atoms with Crippen molar-refractivity contribution in [1.29, 1.82) is 0 Å². The smallest absolute Gasteiger partial charge is 0.224 e. The van der Waals surface area contributed by atoms with Crippen molar-refractivity contribution in [2.45, 2.75) is 44.8 Å². The van der Waals surface area contributed by atoms with Gasteiger partial charge in [-0.3, -0.25) is 9.36 Å². The van der Waals surface area contributed by atoms with Crippen molar-refractivity contribution in [1.82, 2.24) is 14.5 Å². The Morgan fingerprint density at radius 2 is 2.24 bits per heavy atom. The highest BCUT2D eigenvalue weighted by Crippen LogP contribution is 2.36. The summed E-state index contributed by atoms with van der Waals surface area (Å²) in [5, 5.41) is 0. The molecule has 2 aromatic rings. The molecule has 3 rings (SSSR count). The van der Waals surface area contributed by atoms with Gasteiger partial charge in [-0.25, -0.2) is 9.97 Å². The third-order valence-electron chi connectivity index (χ3n) is 4.90. The fourth-order valence-corrected chi connectivity index (χ4v) is 3.29. The molecule has 0 aliphatic heterocycles. The second kappa shape index (κ2) is 6.84. The van der Waals surface area contributed by atoms with Crippen LogP contribution in [0.3, 0.4) is 0 Å². The molecule has 2 heterocycles. The first kappa shape index (κ1) is 17.4. The largest absolute Gasteiger partial charge is 0.489 e. The predicted octanol–water partition coefficient (Wildman–Crippen LogP) is 2.01. The summed E-state index contributed by atoms with van der Waals surface area (Å²) in [7, 11) is 1.67. The Balaban J connectivity index is 1.78. The van der Waals surface area contributed by atoms with E-state index in [0.29, 0.717) is 24.4 Å². The molecule has 0 spiro atoms. The van der Waals surface area contributed by atoms with E-state index in [4.69, 9.17) is 15.2 Å². The Labute approximate surface area is 147 Å². The van der Waals surface area contributed by atoms with Gasteiger partial charge in [-0.15, -0.1) is 0 Å². The highest BCUT2D eigenvalue weighted by Gasteiger charge is 2.42. The molecule has 7 nitrogen and oxygen atoms in total. The zero-order valence-electron chi connectivity index (χ0n) is 14.8. The molecular formula is C18H24N4O3. The summed E-state index contributed by atoms with van der Waals surface area (Å²) in [5.41, 5.74) is 6.19. The summed E-state index contributed by atoms with van der Waals surface area (Å²) in [5.74, 6) is 0.637. The molecule has 1 aliphatic carbocycles. The normalized spacial score (nSPS) is 26.4. The van der Waals surface area contributed by atoms with Crippen LogP contribution >= 0.6 is 0 Å². The predicted molar refractivity (Wildman–Crippen MR) is 92.5 cm³/mol. The van der Waals surface area contributed by atoms with Crippen molar-refractivity contribution >= 4 is 5.91 Å². The Morgan fingerprint density at radius 3 is 2.88 bits per heavy atom. The second-order valence-electron chi connectivity index (χ2n) is 6.83. The van der Waals surface area contributed by atoms with Gasteiger partial charge in [0.15, 0.2) is 0 Å². The number of methoxy groups -OCH3 is 1. The molecular weight excluding hydrogens is 320 g/mol. The van der Waals surface area contributed by atoms with Crippen LogP contribution in [0, 0.1) is 12.8 Å². The van der Waals surface area contributed by atoms with Crippen LogP contribution in [-0.4, -0.2) is 39.3 Å². The maximum Gasteiger partial charge on any atom is 0.224 e. The number of aromatic nitrogens is 3. The van der Waals surface area contributed by atoms with Crippen molar-refractivity contribution in [3.8, 4) is 11.6 Å². The van der Waals surface area contributed by atoms with E-state index >= 15 is 0 Å². The quantitative estimate of drug-likeness (QED) is 0.896. The summed E-state index contributed by atoms with van der Waals surface area (Å²) in [6, 6.07) is 3.62. The Hall–Kier alpha value is -2.41. The van der Waals surface area contributed by atoms with Gasteiger partial charge in [0, 0.05) is 25.6 Å². The van der Waals surface area contributed by atoms with Gasteiger partial charge in [-0.1, -0.05) is 0 Å². The molecule has 0 bridgehead atoms. The van der Waals surface area contributed by atoms with Crippen LogP contribution in [0.5, 0.6) is 5.75 Å². The van der Waals surface area contributed by atoms with E-state index in [0.717, 1.165) is 12.1 Å². The van der Waals surface area contributed by atoms with Gasteiger partial charge in [-0.05, 0) is 39.2 Å². The highest BCUT2D eigenvalue weighted by molar-refractivity contribution is 5.77. The Bertz CT molecular complexity index is 760. The SMILES string of the molecule is COC1(C)CCC(Oc2ccnc(-n3cnc(C)c3)c2)C(C(N)=O)C1. The zero-order chi connectivity index (χ0) is 18.0. The van der Waals surface area contributed by atoms with Crippen molar-refractivity contribution < 1.29 is 14.3 Å². The average molecular weight is 344 g/mol. The molecule has 3 atom stereocenters. The molecule has 3 unspecified atom stereocenters. The second-order valence-corrected chi connectivity index (χ2v) is 6.83. The number of amides is 1. The number of ether oxygens (including phenoxy) is 2. The van der Waals surface area contributed by atoms with Gasteiger partial charge < -0.3 is 15.2 Å². The molecule has 2 N–H and O–H groups in total. The summed E-state index contributed by atoms with van der Waals surface area (Å²) in [6.45, 7) is 3.92. The summed E-state index contributed by atoms with van der Waals surface area (Å²) >= 11 is 0. The number of hydrogen-bond donors (Lipinski definition) is 1. The third kappa shape index (κ3) is 3.82. The lowest BCUT2D eigenvalue weighted by Gasteiger charge is -2.40. The number of hydrogen-bond acceptors (Lipinski definition) is 5. The lowest BCUT2D eigenvalue weighted by molar-refractivity contribution is -0.134. The van der Waals surface area contributed by atoms with Gasteiger partial charge in [0.05, 0.1) is 17.2 Å². The van der Waals surface area contributed by atoms with Crippen LogP contribution in [0.1, 0.15) is 31.9 Å². The van der Waals surface area contributed by atoms with E-state index in [2.05, 4.69) is 9.97 Å². The lowest BCUT2D eigenvalue weighted by Crippen LogP contribution is -2.48. The van der Waals surface area contributed by atoms with Gasteiger partial charge in [-0.2, -0.15) is 0 Å². The molecule has 0 saturated heterocycles. The van der Waals surface area contributed by atoms with E-state index in [1.807, 2.05) is 30.7 Å². The van der Waals surface area contributed by atoms with Crippen LogP contribution < -0.4 is 10.5 Å². The number of carbonyl (C=O) groups excluding carboxylic acids is 1. The third-order valence-corrected chi connectivity index (χ3v) is 4.90. The first-order valence-corrected chi connectivity index (χ1v) is 8.38. The number of nitrogens with zero attached hydrogens (tertiary/aromatic N) is 3. The number of aryl methyl sites for hydroxylation is 1. The minimum Gasteiger partial charge on any atom is -0.489 e. The number of pyridine rings is 1. The summed E-state index contributed by atoms with van der Waals surface area (Å²) < 4.78 is 13.5. The number of nitrogens with two attached hydrogens (primary N) is 1. The maximum absolute atomic E-state index is 11.9. The summed E-state index contributed by atoms with van der Waals surface area (Å²) in [6.07, 6.45) is 7.10. The number of primary amides is 1. The van der Waals surface area contributed by atoms with E-state index < -0.39 is 0 Å². The molecule has 2 aromatic heterocycles. The molecule has 0 aromatic carbocycles. The maximum atomic E-state index is 11.9. The van der Waals surface area contributed by atoms with Crippen molar-refractivity contribution in [2.75, 3.05) is 7.11 Å². The summed E-state index contributed by atoms with van der Waals surface area (Å²) in [4.78, 5) is 20.5. The molecule has 25 heavy (non-hydrogen) atoms. The van der Waals surface area contributed by atoms with Crippen LogP contribution in [-0.2, 0) is 9.53 Å². The van der Waals surface area contributed by atoms with E-state index in [1.165, 1.54) is 0 Å². The highest BCUT2D eigenvalue weighted by atomic mass is 16.5. The van der Waals surface area contributed by atoms with Crippen LogP contribution in [0.15, 0.2) is 30.9 Å². The Morgan fingerprint density at radius 1 is 1.44 bits per heavy atom. The van der Waals surface area contributed by atoms with Crippen LogP contribution in [0.25, 0.3) is 5.82 Å². The van der Waals surface area contributed by atoms with Gasteiger partial charge in [0.25, 0.3) is 0 Å². The minimum absolute atomic E-state index is 0.263. The number of carbonyl (C=O) groups is 1. The van der Waals surface area contributed by atoms with E-state index in [9.17, 15) is 4.79 Å². The fraction of sp³-hybridized carbons (Fsp3) is 0.500. The Kier molecular flexibility index (Phi) is 4.76. The molecule has 1 aliphatic rings.